The molecule has 0 unspecified atom stereocenters. The Morgan fingerprint density at radius 3 is 2.64 bits per heavy atom. The second-order valence-corrected chi connectivity index (χ2v) is 5.97. The number of hydrogen-bond acceptors (Lipinski definition) is 7. The molecular formula is C18H15NO5S. The molecule has 0 spiro atoms. The number of allylic oxidation sites excluding steroid dienone is 1. The van der Waals surface area contributed by atoms with Crippen LogP contribution in [0.25, 0.3) is 16.3 Å². The number of phenols is 2. The van der Waals surface area contributed by atoms with Gasteiger partial charge in [-0.15, -0.1) is 11.3 Å². The summed E-state index contributed by atoms with van der Waals surface area (Å²) in [6.07, 6.45) is 2.85. The number of phenolic OH excluding ortho intramolecular Hbond substituents is 2. The number of benzene rings is 2. The average Bonchev–Trinajstić information content (AvgIpc) is 3.08. The molecule has 2 aromatic carbocycles. The van der Waals surface area contributed by atoms with E-state index in [1.807, 2.05) is 0 Å². The fraction of sp³-hybridized carbons (Fsp3) is 0.111. The van der Waals surface area contributed by atoms with E-state index in [0.717, 1.165) is 0 Å². The number of methoxy groups -OCH3 is 2. The van der Waals surface area contributed by atoms with Gasteiger partial charge in [-0.25, -0.2) is 4.98 Å². The highest BCUT2D eigenvalue weighted by Gasteiger charge is 2.26. The number of nitrogens with zero attached hydrogens (tertiary/aromatic N) is 1. The molecule has 2 N–H and O–H groups in total. The standard InChI is InChI=1S/C18H15NO5S/c1-23-16-13(12(21)7-6-10-4-3-5-11(20)8-10)15(22)17(24-2)14-18(16)25-9-19-14/h3-9,20,22H,1-2H3/b7-6+. The van der Waals surface area contributed by atoms with Crippen LogP contribution in [0, 0.1) is 0 Å². The summed E-state index contributed by atoms with van der Waals surface area (Å²) in [4.78, 5) is 16.8. The van der Waals surface area contributed by atoms with Crippen molar-refractivity contribution in [2.75, 3.05) is 14.2 Å². The minimum atomic E-state index is -0.453. The monoisotopic (exact) mass is 357 g/mol. The third kappa shape index (κ3) is 3.01. The molecule has 3 rings (SSSR count). The van der Waals surface area contributed by atoms with Crippen molar-refractivity contribution < 1.29 is 24.5 Å². The third-order valence-electron chi connectivity index (χ3n) is 3.62. The molecular weight excluding hydrogens is 342 g/mol. The van der Waals surface area contributed by atoms with Crippen LogP contribution in [-0.4, -0.2) is 35.2 Å². The number of carbonyl (C=O) groups is 1. The van der Waals surface area contributed by atoms with Crippen LogP contribution in [0.5, 0.6) is 23.0 Å². The molecule has 0 bridgehead atoms. The third-order valence-corrected chi connectivity index (χ3v) is 4.44. The van der Waals surface area contributed by atoms with Gasteiger partial charge in [-0.05, 0) is 23.8 Å². The van der Waals surface area contributed by atoms with Gasteiger partial charge in [-0.2, -0.15) is 0 Å². The summed E-state index contributed by atoms with van der Waals surface area (Å²) in [7, 11) is 2.83. The van der Waals surface area contributed by atoms with Gasteiger partial charge in [0.1, 0.15) is 21.5 Å². The lowest BCUT2D eigenvalue weighted by Gasteiger charge is -2.12. The Morgan fingerprint density at radius 1 is 1.20 bits per heavy atom. The van der Waals surface area contributed by atoms with Crippen LogP contribution in [-0.2, 0) is 0 Å². The van der Waals surface area contributed by atoms with Crippen molar-refractivity contribution in [3.8, 4) is 23.0 Å². The largest absolute Gasteiger partial charge is 0.508 e. The van der Waals surface area contributed by atoms with Gasteiger partial charge < -0.3 is 19.7 Å². The molecule has 0 radical (unpaired) electrons. The zero-order valence-corrected chi connectivity index (χ0v) is 14.3. The fourth-order valence-electron chi connectivity index (χ4n) is 2.52. The van der Waals surface area contributed by atoms with Gasteiger partial charge in [0.25, 0.3) is 0 Å². The number of thiazole rings is 1. The lowest BCUT2D eigenvalue weighted by molar-refractivity contribution is 0.104. The van der Waals surface area contributed by atoms with E-state index < -0.39 is 5.78 Å². The van der Waals surface area contributed by atoms with Gasteiger partial charge in [0.05, 0.1) is 19.7 Å². The van der Waals surface area contributed by atoms with Crippen molar-refractivity contribution in [3.05, 3.63) is 47.0 Å². The van der Waals surface area contributed by atoms with E-state index in [-0.39, 0.29) is 28.6 Å². The lowest BCUT2D eigenvalue weighted by atomic mass is 10.0. The van der Waals surface area contributed by atoms with Gasteiger partial charge in [-0.3, -0.25) is 4.79 Å². The number of fused-ring (bicyclic) bond motifs is 1. The predicted octanol–water partition coefficient (Wildman–Crippen LogP) is 3.62. The van der Waals surface area contributed by atoms with E-state index in [0.29, 0.717) is 15.8 Å². The maximum Gasteiger partial charge on any atom is 0.193 e. The SMILES string of the molecule is COc1c(O)c(C(=O)/C=C/c2cccc(O)c2)c(OC)c2scnc12. The van der Waals surface area contributed by atoms with Crippen molar-refractivity contribution in [2.45, 2.75) is 0 Å². The van der Waals surface area contributed by atoms with Crippen LogP contribution in [0.2, 0.25) is 0 Å². The van der Waals surface area contributed by atoms with Crippen LogP contribution >= 0.6 is 11.3 Å². The van der Waals surface area contributed by atoms with Crippen molar-refractivity contribution in [3.63, 3.8) is 0 Å². The Bertz CT molecular complexity index is 977. The van der Waals surface area contributed by atoms with Crippen LogP contribution in [0.3, 0.4) is 0 Å². The zero-order valence-electron chi connectivity index (χ0n) is 13.5. The average molecular weight is 357 g/mol. The van der Waals surface area contributed by atoms with Crippen molar-refractivity contribution in [2.24, 2.45) is 0 Å². The van der Waals surface area contributed by atoms with E-state index in [2.05, 4.69) is 4.98 Å². The number of rotatable bonds is 5. The summed E-state index contributed by atoms with van der Waals surface area (Å²) in [6.45, 7) is 0. The summed E-state index contributed by atoms with van der Waals surface area (Å²) in [6, 6.07) is 6.47. The second-order valence-electron chi connectivity index (χ2n) is 5.11. The second kappa shape index (κ2) is 6.82. The Labute approximate surface area is 147 Å². The molecule has 1 heterocycles. The normalized spacial score (nSPS) is 11.1. The molecule has 0 aliphatic carbocycles. The molecule has 1 aromatic heterocycles. The zero-order chi connectivity index (χ0) is 18.0. The molecule has 0 saturated heterocycles. The van der Waals surface area contributed by atoms with Crippen LogP contribution in [0.1, 0.15) is 15.9 Å². The minimum Gasteiger partial charge on any atom is -0.508 e. The maximum atomic E-state index is 12.7. The van der Waals surface area contributed by atoms with Crippen molar-refractivity contribution in [1.29, 1.82) is 0 Å². The van der Waals surface area contributed by atoms with Crippen molar-refractivity contribution >= 4 is 33.4 Å². The molecule has 128 valence electrons. The highest BCUT2D eigenvalue weighted by Crippen LogP contribution is 2.46. The first-order valence-corrected chi connectivity index (χ1v) is 8.16. The van der Waals surface area contributed by atoms with Crippen LogP contribution in [0.4, 0.5) is 0 Å². The van der Waals surface area contributed by atoms with E-state index >= 15 is 0 Å². The van der Waals surface area contributed by atoms with Gasteiger partial charge in [0.2, 0.25) is 0 Å². The molecule has 0 aliphatic rings. The first kappa shape index (κ1) is 16.8. The summed E-state index contributed by atoms with van der Waals surface area (Å²) < 4.78 is 11.2. The summed E-state index contributed by atoms with van der Waals surface area (Å²) in [5, 5.41) is 20.0. The van der Waals surface area contributed by atoms with E-state index in [1.54, 1.807) is 23.7 Å². The highest BCUT2D eigenvalue weighted by molar-refractivity contribution is 7.17. The van der Waals surface area contributed by atoms with Gasteiger partial charge in [0, 0.05) is 0 Å². The van der Waals surface area contributed by atoms with E-state index in [4.69, 9.17) is 9.47 Å². The van der Waals surface area contributed by atoms with Gasteiger partial charge in [-0.1, -0.05) is 18.2 Å². The first-order chi connectivity index (χ1) is 12.1. The van der Waals surface area contributed by atoms with Crippen LogP contribution in [0.15, 0.2) is 35.9 Å². The fourth-order valence-corrected chi connectivity index (χ4v) is 3.33. The smallest absolute Gasteiger partial charge is 0.193 e. The quantitative estimate of drug-likeness (QED) is 0.535. The van der Waals surface area contributed by atoms with Gasteiger partial charge in [0.15, 0.2) is 23.0 Å². The van der Waals surface area contributed by atoms with Crippen molar-refractivity contribution in [1.82, 2.24) is 4.98 Å². The number of aromatic hydroxyl groups is 2. The summed E-state index contributed by atoms with van der Waals surface area (Å²) in [5.74, 6) is -0.287. The topological polar surface area (TPSA) is 88.9 Å². The molecule has 0 atom stereocenters. The maximum absolute atomic E-state index is 12.7. The van der Waals surface area contributed by atoms with E-state index in [9.17, 15) is 15.0 Å². The Hall–Kier alpha value is -3.06. The molecule has 0 saturated carbocycles. The molecule has 0 amide bonds. The molecule has 7 heteroatoms. The number of ether oxygens (including phenoxy) is 2. The molecule has 25 heavy (non-hydrogen) atoms. The summed E-state index contributed by atoms with van der Waals surface area (Å²) >= 11 is 1.29. The minimum absolute atomic E-state index is 0.00695. The Balaban J connectivity index is 2.10. The summed E-state index contributed by atoms with van der Waals surface area (Å²) in [5.41, 5.74) is 2.69. The van der Waals surface area contributed by atoms with Gasteiger partial charge >= 0.3 is 0 Å². The molecule has 3 aromatic rings. The number of hydrogen-bond donors (Lipinski definition) is 2. The van der Waals surface area contributed by atoms with Crippen LogP contribution < -0.4 is 9.47 Å². The van der Waals surface area contributed by atoms with E-state index in [1.165, 1.54) is 43.8 Å². The highest BCUT2D eigenvalue weighted by atomic mass is 32.1. The Kier molecular flexibility index (Phi) is 4.58. The molecule has 6 nitrogen and oxygen atoms in total. The number of carbonyl (C=O) groups excluding carboxylic acids is 1. The lowest BCUT2D eigenvalue weighted by Crippen LogP contribution is -2.02. The Morgan fingerprint density at radius 2 is 1.96 bits per heavy atom. The molecule has 0 fully saturated rings. The molecule has 0 aliphatic heterocycles. The number of aromatic nitrogens is 1. The number of ketones is 1. The predicted molar refractivity (Wildman–Crippen MR) is 95.9 cm³/mol. The first-order valence-electron chi connectivity index (χ1n) is 7.28.